The molecule has 0 aliphatic heterocycles. The van der Waals surface area contributed by atoms with Crippen LogP contribution in [-0.2, 0) is 0 Å². The van der Waals surface area contributed by atoms with E-state index in [1.807, 2.05) is 13.0 Å². The highest BCUT2D eigenvalue weighted by Gasteiger charge is 2.20. The fourth-order valence-electron chi connectivity index (χ4n) is 1.91. The SMILES string of the molecule is COc1cc(C)c(Br)cc1C(N)CC(C)(C)C. The van der Waals surface area contributed by atoms with Crippen LogP contribution in [0.4, 0.5) is 0 Å². The van der Waals surface area contributed by atoms with Gasteiger partial charge in [0.15, 0.2) is 0 Å². The molecule has 17 heavy (non-hydrogen) atoms. The molecule has 0 spiro atoms. The lowest BCUT2D eigenvalue weighted by Gasteiger charge is -2.25. The second-order valence-corrected chi connectivity index (χ2v) is 6.57. The summed E-state index contributed by atoms with van der Waals surface area (Å²) >= 11 is 3.55. The summed E-state index contributed by atoms with van der Waals surface area (Å²) in [5.41, 5.74) is 8.72. The first kappa shape index (κ1) is 14.5. The van der Waals surface area contributed by atoms with Crippen LogP contribution in [-0.4, -0.2) is 7.11 Å². The third kappa shape index (κ3) is 4.00. The molecular formula is C14H22BrNO. The molecule has 0 saturated heterocycles. The maximum atomic E-state index is 6.28. The number of halogens is 1. The maximum absolute atomic E-state index is 6.28. The molecule has 0 aliphatic rings. The smallest absolute Gasteiger partial charge is 0.123 e. The van der Waals surface area contributed by atoms with Gasteiger partial charge in [0, 0.05) is 16.1 Å². The Morgan fingerprint density at radius 2 is 1.94 bits per heavy atom. The summed E-state index contributed by atoms with van der Waals surface area (Å²) in [4.78, 5) is 0. The minimum absolute atomic E-state index is 0.00171. The van der Waals surface area contributed by atoms with Crippen LogP contribution in [0, 0.1) is 12.3 Å². The Morgan fingerprint density at radius 1 is 1.35 bits per heavy atom. The minimum atomic E-state index is 0.00171. The number of ether oxygens (including phenoxy) is 1. The number of rotatable bonds is 3. The highest BCUT2D eigenvalue weighted by atomic mass is 79.9. The van der Waals surface area contributed by atoms with Crippen LogP contribution in [0.15, 0.2) is 16.6 Å². The lowest BCUT2D eigenvalue weighted by Crippen LogP contribution is -2.19. The van der Waals surface area contributed by atoms with Gasteiger partial charge < -0.3 is 10.5 Å². The average molecular weight is 300 g/mol. The molecule has 1 unspecified atom stereocenters. The molecule has 0 fully saturated rings. The van der Waals surface area contributed by atoms with Crippen LogP contribution < -0.4 is 10.5 Å². The van der Waals surface area contributed by atoms with Crippen LogP contribution in [0.2, 0.25) is 0 Å². The molecule has 2 nitrogen and oxygen atoms in total. The zero-order valence-electron chi connectivity index (χ0n) is 11.3. The van der Waals surface area contributed by atoms with Crippen molar-refractivity contribution in [2.24, 2.45) is 11.1 Å². The van der Waals surface area contributed by atoms with Crippen molar-refractivity contribution in [2.45, 2.75) is 40.2 Å². The number of hydrogen-bond acceptors (Lipinski definition) is 2. The third-order valence-electron chi connectivity index (χ3n) is 2.74. The predicted molar refractivity (Wildman–Crippen MR) is 76.4 cm³/mol. The molecular weight excluding hydrogens is 278 g/mol. The number of methoxy groups -OCH3 is 1. The molecule has 1 rings (SSSR count). The number of hydrogen-bond donors (Lipinski definition) is 1. The number of aryl methyl sites for hydroxylation is 1. The van der Waals surface area contributed by atoms with Gasteiger partial charge in [-0.1, -0.05) is 36.7 Å². The van der Waals surface area contributed by atoms with E-state index in [2.05, 4.69) is 42.8 Å². The Bertz CT molecular complexity index is 396. The Morgan fingerprint density at radius 3 is 2.41 bits per heavy atom. The largest absolute Gasteiger partial charge is 0.496 e. The van der Waals surface area contributed by atoms with E-state index in [9.17, 15) is 0 Å². The topological polar surface area (TPSA) is 35.2 Å². The first-order chi connectivity index (χ1) is 7.74. The second-order valence-electron chi connectivity index (χ2n) is 5.71. The Hall–Kier alpha value is -0.540. The normalized spacial score (nSPS) is 13.6. The van der Waals surface area contributed by atoms with Crippen molar-refractivity contribution < 1.29 is 4.74 Å². The lowest BCUT2D eigenvalue weighted by molar-refractivity contribution is 0.334. The molecule has 1 aromatic rings. The van der Waals surface area contributed by atoms with E-state index >= 15 is 0 Å². The van der Waals surface area contributed by atoms with Gasteiger partial charge in [0.25, 0.3) is 0 Å². The number of benzene rings is 1. The zero-order valence-corrected chi connectivity index (χ0v) is 12.9. The van der Waals surface area contributed by atoms with E-state index in [1.54, 1.807) is 7.11 Å². The van der Waals surface area contributed by atoms with Crippen LogP contribution in [0.1, 0.15) is 44.4 Å². The van der Waals surface area contributed by atoms with Crippen molar-refractivity contribution in [3.63, 3.8) is 0 Å². The standard InChI is InChI=1S/C14H22BrNO/c1-9-6-13(17-5)10(7-11(9)15)12(16)8-14(2,3)4/h6-7,12H,8,16H2,1-5H3. The van der Waals surface area contributed by atoms with Crippen molar-refractivity contribution in [3.8, 4) is 5.75 Å². The zero-order chi connectivity index (χ0) is 13.2. The first-order valence-corrected chi connectivity index (χ1v) is 6.63. The van der Waals surface area contributed by atoms with Gasteiger partial charge in [0.05, 0.1) is 7.11 Å². The summed E-state index contributed by atoms with van der Waals surface area (Å²) in [5.74, 6) is 0.877. The van der Waals surface area contributed by atoms with E-state index in [4.69, 9.17) is 10.5 Å². The van der Waals surface area contributed by atoms with E-state index in [0.717, 1.165) is 27.8 Å². The summed E-state index contributed by atoms with van der Waals surface area (Å²) in [7, 11) is 1.69. The fourth-order valence-corrected chi connectivity index (χ4v) is 2.27. The van der Waals surface area contributed by atoms with Crippen molar-refractivity contribution in [2.75, 3.05) is 7.11 Å². The summed E-state index contributed by atoms with van der Waals surface area (Å²) < 4.78 is 6.50. The molecule has 0 heterocycles. The number of nitrogens with two attached hydrogens (primary N) is 1. The van der Waals surface area contributed by atoms with Crippen molar-refractivity contribution in [1.82, 2.24) is 0 Å². The van der Waals surface area contributed by atoms with E-state index in [1.165, 1.54) is 0 Å². The maximum Gasteiger partial charge on any atom is 0.123 e. The monoisotopic (exact) mass is 299 g/mol. The highest BCUT2D eigenvalue weighted by Crippen LogP contribution is 2.35. The summed E-state index contributed by atoms with van der Waals surface area (Å²) in [6.07, 6.45) is 0.929. The van der Waals surface area contributed by atoms with Gasteiger partial charge in [-0.25, -0.2) is 0 Å². The Balaban J connectivity index is 3.08. The summed E-state index contributed by atoms with van der Waals surface area (Å²) in [6, 6.07) is 4.11. The summed E-state index contributed by atoms with van der Waals surface area (Å²) in [6.45, 7) is 8.64. The molecule has 0 aromatic heterocycles. The molecule has 0 radical (unpaired) electrons. The van der Waals surface area contributed by atoms with Crippen LogP contribution in [0.5, 0.6) is 5.75 Å². The van der Waals surface area contributed by atoms with E-state index < -0.39 is 0 Å². The van der Waals surface area contributed by atoms with Gasteiger partial charge in [-0.05, 0) is 36.5 Å². The Kier molecular flexibility index (Phi) is 4.62. The van der Waals surface area contributed by atoms with Gasteiger partial charge in [0.2, 0.25) is 0 Å². The van der Waals surface area contributed by atoms with Gasteiger partial charge >= 0.3 is 0 Å². The van der Waals surface area contributed by atoms with Crippen LogP contribution in [0.3, 0.4) is 0 Å². The van der Waals surface area contributed by atoms with Crippen molar-refractivity contribution in [3.05, 3.63) is 27.7 Å². The lowest BCUT2D eigenvalue weighted by atomic mass is 9.85. The molecule has 3 heteroatoms. The molecule has 1 atom stereocenters. The van der Waals surface area contributed by atoms with E-state index in [-0.39, 0.29) is 11.5 Å². The fraction of sp³-hybridized carbons (Fsp3) is 0.571. The molecule has 1 aromatic carbocycles. The quantitative estimate of drug-likeness (QED) is 0.908. The Labute approximate surface area is 113 Å². The third-order valence-corrected chi connectivity index (χ3v) is 3.60. The second kappa shape index (κ2) is 5.40. The molecule has 0 saturated carbocycles. The predicted octanol–water partition coefficient (Wildman–Crippen LogP) is 4.20. The molecule has 0 amide bonds. The van der Waals surface area contributed by atoms with Gasteiger partial charge in [-0.15, -0.1) is 0 Å². The van der Waals surface area contributed by atoms with Crippen molar-refractivity contribution in [1.29, 1.82) is 0 Å². The van der Waals surface area contributed by atoms with E-state index in [0.29, 0.717) is 0 Å². The molecule has 0 bridgehead atoms. The van der Waals surface area contributed by atoms with Crippen molar-refractivity contribution >= 4 is 15.9 Å². The molecule has 2 N–H and O–H groups in total. The van der Waals surface area contributed by atoms with Crippen LogP contribution >= 0.6 is 15.9 Å². The summed E-state index contributed by atoms with van der Waals surface area (Å²) in [5, 5.41) is 0. The van der Waals surface area contributed by atoms with Crippen LogP contribution in [0.25, 0.3) is 0 Å². The molecule has 96 valence electrons. The minimum Gasteiger partial charge on any atom is -0.496 e. The average Bonchev–Trinajstić information content (AvgIpc) is 2.18. The van der Waals surface area contributed by atoms with Gasteiger partial charge in [-0.2, -0.15) is 0 Å². The van der Waals surface area contributed by atoms with Gasteiger partial charge in [-0.3, -0.25) is 0 Å². The first-order valence-electron chi connectivity index (χ1n) is 5.84. The highest BCUT2D eigenvalue weighted by molar-refractivity contribution is 9.10. The molecule has 0 aliphatic carbocycles. The van der Waals surface area contributed by atoms with Gasteiger partial charge in [0.1, 0.15) is 5.75 Å².